The molecule has 34 heavy (non-hydrogen) atoms. The lowest BCUT2D eigenvalue weighted by atomic mass is 9.78. The van der Waals surface area contributed by atoms with Gasteiger partial charge in [0.25, 0.3) is 0 Å². The lowest BCUT2D eigenvalue weighted by molar-refractivity contribution is -0.153. The Morgan fingerprint density at radius 1 is 1.09 bits per heavy atom. The number of amides is 2. The number of ether oxygens (including phenoxy) is 1. The van der Waals surface area contributed by atoms with Crippen LogP contribution in [0.15, 0.2) is 24.3 Å². The van der Waals surface area contributed by atoms with Crippen molar-refractivity contribution in [2.45, 2.75) is 74.3 Å². The highest BCUT2D eigenvalue weighted by molar-refractivity contribution is 8.02. The Morgan fingerprint density at radius 2 is 1.94 bits per heavy atom. The first-order valence-electron chi connectivity index (χ1n) is 12.9. The first-order valence-corrected chi connectivity index (χ1v) is 13.8. The number of thioether (sulfide) groups is 1. The number of rotatable bonds is 8. The van der Waals surface area contributed by atoms with Gasteiger partial charge in [0.2, 0.25) is 11.8 Å². The van der Waals surface area contributed by atoms with Crippen molar-refractivity contribution in [1.82, 2.24) is 9.80 Å². The van der Waals surface area contributed by atoms with Gasteiger partial charge in [0.1, 0.15) is 6.04 Å². The van der Waals surface area contributed by atoms with Gasteiger partial charge in [0.05, 0.1) is 23.2 Å². The molecule has 4 heterocycles. The molecule has 4 aliphatic rings. The molecular formula is C26H38N2O5S. The van der Waals surface area contributed by atoms with Crippen molar-refractivity contribution < 1.29 is 24.2 Å². The van der Waals surface area contributed by atoms with Crippen LogP contribution in [-0.2, 0) is 19.1 Å². The number of hydrogen-bond acceptors (Lipinski definition) is 6. The molecule has 1 N–H and O–H groups in total. The number of cyclic esters (lactones) is 1. The Labute approximate surface area is 206 Å². The SMILES string of the molecule is CCCCN1CC=C[C@]23S[C@H]4/C=C\CCCCOC(=O)[C@H]4[C@H]2C(=O)N(CCCCCO)C3C1=O. The lowest BCUT2D eigenvalue weighted by Gasteiger charge is -2.35. The minimum atomic E-state index is -0.765. The fourth-order valence-corrected chi connectivity index (χ4v) is 7.83. The van der Waals surface area contributed by atoms with E-state index in [0.717, 1.165) is 44.9 Å². The summed E-state index contributed by atoms with van der Waals surface area (Å²) in [5.74, 6) is -1.62. The second kappa shape index (κ2) is 11.3. The van der Waals surface area contributed by atoms with Crippen LogP contribution in [0.2, 0.25) is 0 Å². The van der Waals surface area contributed by atoms with Gasteiger partial charge >= 0.3 is 5.97 Å². The molecule has 4 rings (SSSR count). The van der Waals surface area contributed by atoms with Crippen molar-refractivity contribution in [1.29, 1.82) is 0 Å². The molecular weight excluding hydrogens is 452 g/mol. The van der Waals surface area contributed by atoms with Crippen molar-refractivity contribution >= 4 is 29.5 Å². The molecule has 1 unspecified atom stereocenters. The predicted octanol–water partition coefficient (Wildman–Crippen LogP) is 2.93. The summed E-state index contributed by atoms with van der Waals surface area (Å²) in [7, 11) is 0. The molecule has 0 bridgehead atoms. The molecule has 2 amide bonds. The van der Waals surface area contributed by atoms with Crippen LogP contribution in [-0.4, -0.2) is 81.6 Å². The smallest absolute Gasteiger partial charge is 0.311 e. The highest BCUT2D eigenvalue weighted by Crippen LogP contribution is 2.60. The summed E-state index contributed by atoms with van der Waals surface area (Å²) >= 11 is 1.61. The maximum absolute atomic E-state index is 14.0. The number of carbonyl (C=O) groups excluding carboxylic acids is 3. The largest absolute Gasteiger partial charge is 0.465 e. The van der Waals surface area contributed by atoms with Gasteiger partial charge in [-0.15, -0.1) is 11.8 Å². The minimum absolute atomic E-state index is 0.00924. The summed E-state index contributed by atoms with van der Waals surface area (Å²) in [5, 5.41) is 8.98. The van der Waals surface area contributed by atoms with E-state index in [1.165, 1.54) is 0 Å². The van der Waals surface area contributed by atoms with E-state index in [1.54, 1.807) is 16.7 Å². The summed E-state index contributed by atoms with van der Waals surface area (Å²) < 4.78 is 4.88. The average molecular weight is 491 g/mol. The zero-order valence-electron chi connectivity index (χ0n) is 20.2. The number of fused-ring (bicyclic) bond motifs is 2. The maximum Gasteiger partial charge on any atom is 0.311 e. The zero-order valence-corrected chi connectivity index (χ0v) is 21.0. The number of aliphatic hydroxyl groups is 1. The van der Waals surface area contributed by atoms with Crippen molar-refractivity contribution in [2.24, 2.45) is 11.8 Å². The number of esters is 1. The summed E-state index contributed by atoms with van der Waals surface area (Å²) in [6, 6.07) is -0.612. The van der Waals surface area contributed by atoms with E-state index in [1.807, 2.05) is 11.0 Å². The van der Waals surface area contributed by atoms with Gasteiger partial charge in [0.15, 0.2) is 0 Å². The average Bonchev–Trinajstić information content (AvgIpc) is 3.21. The monoisotopic (exact) mass is 490 g/mol. The highest BCUT2D eigenvalue weighted by atomic mass is 32.2. The summed E-state index contributed by atoms with van der Waals surface area (Å²) in [4.78, 5) is 44.8. The molecule has 0 aromatic rings. The third-order valence-electron chi connectivity index (χ3n) is 7.52. The Morgan fingerprint density at radius 3 is 2.74 bits per heavy atom. The minimum Gasteiger partial charge on any atom is -0.465 e. The molecule has 7 nitrogen and oxygen atoms in total. The van der Waals surface area contributed by atoms with Crippen LogP contribution in [0.4, 0.5) is 0 Å². The molecule has 188 valence electrons. The van der Waals surface area contributed by atoms with Crippen LogP contribution in [0.3, 0.4) is 0 Å². The third-order valence-corrected chi connectivity index (χ3v) is 9.27. The second-order valence-electron chi connectivity index (χ2n) is 9.79. The Bertz CT molecular complexity index is 830. The van der Waals surface area contributed by atoms with Crippen LogP contribution in [0.25, 0.3) is 0 Å². The van der Waals surface area contributed by atoms with Crippen molar-refractivity contribution in [3.8, 4) is 0 Å². The Balaban J connectivity index is 1.72. The first kappa shape index (κ1) is 25.3. The molecule has 4 aliphatic heterocycles. The second-order valence-corrected chi connectivity index (χ2v) is 11.3. The number of carbonyl (C=O) groups is 3. The maximum atomic E-state index is 14.0. The zero-order chi connectivity index (χ0) is 24.1. The number of aliphatic hydroxyl groups excluding tert-OH is 1. The van der Waals surface area contributed by atoms with Crippen LogP contribution < -0.4 is 0 Å². The first-order chi connectivity index (χ1) is 16.5. The van der Waals surface area contributed by atoms with E-state index in [9.17, 15) is 14.4 Å². The lowest BCUT2D eigenvalue weighted by Crippen LogP contribution is -2.53. The van der Waals surface area contributed by atoms with Gasteiger partial charge in [0, 0.05) is 31.5 Å². The van der Waals surface area contributed by atoms with Gasteiger partial charge in [-0.25, -0.2) is 0 Å². The van der Waals surface area contributed by atoms with Crippen molar-refractivity contribution in [3.05, 3.63) is 24.3 Å². The van der Waals surface area contributed by atoms with Crippen molar-refractivity contribution in [2.75, 3.05) is 32.8 Å². The van der Waals surface area contributed by atoms with Crippen LogP contribution >= 0.6 is 11.8 Å². The van der Waals surface area contributed by atoms with Crippen LogP contribution in [0, 0.1) is 11.8 Å². The van der Waals surface area contributed by atoms with Gasteiger partial charge in [-0.05, 0) is 44.9 Å². The molecule has 2 fully saturated rings. The molecule has 5 atom stereocenters. The van der Waals surface area contributed by atoms with E-state index in [-0.39, 0.29) is 29.6 Å². The van der Waals surface area contributed by atoms with Gasteiger partial charge < -0.3 is 19.6 Å². The standard InChI is InChI=1S/C26H38N2O5S/c1-2-3-14-27-15-11-13-26-21(20-19(34-26)12-7-4-5-10-18-33-25(20)32)23(30)28(22(26)24(27)31)16-8-6-9-17-29/h7,11-13,19-22,29H,2-6,8-10,14-18H2,1H3/b12-7-/t19-,20+,21-,22?,26-/m0/s1. The fraction of sp³-hybridized carbons (Fsp3) is 0.731. The molecule has 2 saturated heterocycles. The van der Waals surface area contributed by atoms with Gasteiger partial charge in [-0.1, -0.05) is 37.6 Å². The molecule has 0 saturated carbocycles. The summed E-state index contributed by atoms with van der Waals surface area (Å²) in [5.41, 5.74) is 0. The fourth-order valence-electron chi connectivity index (χ4n) is 5.82. The molecule has 0 aromatic carbocycles. The third kappa shape index (κ3) is 4.68. The van der Waals surface area contributed by atoms with Gasteiger partial charge in [-0.2, -0.15) is 0 Å². The van der Waals surface area contributed by atoms with Crippen LogP contribution in [0.1, 0.15) is 58.3 Å². The van der Waals surface area contributed by atoms with E-state index < -0.39 is 22.6 Å². The van der Waals surface area contributed by atoms with E-state index >= 15 is 0 Å². The predicted molar refractivity (Wildman–Crippen MR) is 132 cm³/mol. The van der Waals surface area contributed by atoms with E-state index in [4.69, 9.17) is 9.84 Å². The number of nitrogens with zero attached hydrogens (tertiary/aromatic N) is 2. The van der Waals surface area contributed by atoms with E-state index in [0.29, 0.717) is 32.7 Å². The quantitative estimate of drug-likeness (QED) is 0.320. The van der Waals surface area contributed by atoms with Crippen LogP contribution in [0.5, 0.6) is 0 Å². The number of unbranched alkanes of at least 4 members (excludes halogenated alkanes) is 3. The Kier molecular flexibility index (Phi) is 8.40. The molecule has 0 aliphatic carbocycles. The molecule has 8 heteroatoms. The number of hydrogen-bond donors (Lipinski definition) is 1. The Hall–Kier alpha value is -1.80. The van der Waals surface area contributed by atoms with Crippen molar-refractivity contribution in [3.63, 3.8) is 0 Å². The normalized spacial score (nSPS) is 34.4. The molecule has 0 aromatic heterocycles. The summed E-state index contributed by atoms with van der Waals surface area (Å²) in [6.45, 7) is 4.27. The van der Waals surface area contributed by atoms with Gasteiger partial charge in [-0.3, -0.25) is 14.4 Å². The van der Waals surface area contributed by atoms with E-state index in [2.05, 4.69) is 25.2 Å². The topological polar surface area (TPSA) is 87.2 Å². The molecule has 0 radical (unpaired) electrons. The number of allylic oxidation sites excluding steroid dienone is 1. The summed E-state index contributed by atoms with van der Waals surface area (Å²) in [6.07, 6.45) is 15.1. The molecule has 1 spiro atoms. The number of likely N-dealkylation sites (tertiary alicyclic amines) is 1. The highest BCUT2D eigenvalue weighted by Gasteiger charge is 2.70.